The van der Waals surface area contributed by atoms with Crippen LogP contribution < -0.4 is 5.32 Å². The average molecular weight is 274 g/mol. The lowest BCUT2D eigenvalue weighted by molar-refractivity contribution is 0.629. The van der Waals surface area contributed by atoms with Gasteiger partial charge in [-0.2, -0.15) is 5.10 Å². The topological polar surface area (TPSA) is 29.9 Å². The van der Waals surface area contributed by atoms with Crippen molar-refractivity contribution in [2.45, 2.75) is 31.0 Å². The first-order valence-corrected chi connectivity index (χ1v) is 6.46. The van der Waals surface area contributed by atoms with Crippen LogP contribution in [0.5, 0.6) is 0 Å². The molecule has 0 spiro atoms. The number of hydrogen-bond acceptors (Lipinski definition) is 2. The van der Waals surface area contributed by atoms with E-state index < -0.39 is 0 Å². The zero-order valence-corrected chi connectivity index (χ0v) is 11.1. The normalized spacial score (nSPS) is 13.0. The van der Waals surface area contributed by atoms with E-state index in [0.29, 0.717) is 4.83 Å². The van der Waals surface area contributed by atoms with Crippen LogP contribution in [0.2, 0.25) is 0 Å². The molecule has 86 valence electrons. The fourth-order valence-electron chi connectivity index (χ4n) is 1.42. The van der Waals surface area contributed by atoms with Crippen LogP contribution in [0, 0.1) is 0 Å². The maximum absolute atomic E-state index is 4.14. The lowest BCUT2D eigenvalue weighted by Gasteiger charge is -2.07. The van der Waals surface area contributed by atoms with E-state index >= 15 is 0 Å². The van der Waals surface area contributed by atoms with Crippen LogP contribution in [0.1, 0.15) is 25.3 Å². The van der Waals surface area contributed by atoms with Crippen molar-refractivity contribution in [3.05, 3.63) is 18.0 Å². The molecule has 1 N–H and O–H groups in total. The first kappa shape index (κ1) is 12.7. The maximum atomic E-state index is 4.14. The predicted octanol–water partition coefficient (Wildman–Crippen LogP) is 2.12. The number of nitrogens with zero attached hydrogens (tertiary/aromatic N) is 2. The van der Waals surface area contributed by atoms with Crippen molar-refractivity contribution < 1.29 is 0 Å². The van der Waals surface area contributed by atoms with Crippen molar-refractivity contribution in [2.75, 3.05) is 13.1 Å². The molecular formula is C11H20BrN3. The van der Waals surface area contributed by atoms with Gasteiger partial charge in [-0.3, -0.25) is 4.68 Å². The second-order valence-electron chi connectivity index (χ2n) is 3.82. The van der Waals surface area contributed by atoms with E-state index in [1.165, 1.54) is 18.4 Å². The van der Waals surface area contributed by atoms with Gasteiger partial charge in [-0.25, -0.2) is 0 Å². The van der Waals surface area contributed by atoms with E-state index in [2.05, 4.69) is 39.5 Å². The maximum Gasteiger partial charge on any atom is 0.0522 e. The van der Waals surface area contributed by atoms with Crippen LogP contribution in [0.4, 0.5) is 0 Å². The Bertz CT molecular complexity index is 273. The van der Waals surface area contributed by atoms with E-state index in [1.807, 2.05) is 17.9 Å². The predicted molar refractivity (Wildman–Crippen MR) is 67.4 cm³/mol. The average Bonchev–Trinajstić information content (AvgIpc) is 2.63. The van der Waals surface area contributed by atoms with E-state index in [-0.39, 0.29) is 0 Å². The Labute approximate surface area is 100 Å². The van der Waals surface area contributed by atoms with Gasteiger partial charge in [-0.15, -0.1) is 0 Å². The van der Waals surface area contributed by atoms with Crippen molar-refractivity contribution in [3.8, 4) is 0 Å². The summed E-state index contributed by atoms with van der Waals surface area (Å²) in [4.78, 5) is 0.656. The molecule has 0 amide bonds. The molecule has 1 unspecified atom stereocenters. The van der Waals surface area contributed by atoms with Gasteiger partial charge in [0, 0.05) is 18.1 Å². The van der Waals surface area contributed by atoms with Gasteiger partial charge in [0.25, 0.3) is 0 Å². The molecule has 15 heavy (non-hydrogen) atoms. The quantitative estimate of drug-likeness (QED) is 0.609. The molecule has 3 nitrogen and oxygen atoms in total. The Kier molecular flexibility index (Phi) is 5.95. The number of aromatic nitrogens is 2. The Morgan fingerprint density at radius 1 is 1.53 bits per heavy atom. The third-order valence-electron chi connectivity index (χ3n) is 2.43. The van der Waals surface area contributed by atoms with Crippen LogP contribution in [0.15, 0.2) is 12.4 Å². The molecule has 1 aromatic rings. The summed E-state index contributed by atoms with van der Waals surface area (Å²) in [6, 6.07) is 0. The summed E-state index contributed by atoms with van der Waals surface area (Å²) in [6.07, 6.45) is 7.46. The Morgan fingerprint density at radius 2 is 2.33 bits per heavy atom. The number of nitrogens with one attached hydrogen (secondary N) is 1. The number of rotatable bonds is 7. The number of halogens is 1. The zero-order chi connectivity index (χ0) is 11.1. The number of aryl methyl sites for hydroxylation is 1. The van der Waals surface area contributed by atoms with Gasteiger partial charge >= 0.3 is 0 Å². The molecule has 4 heteroatoms. The van der Waals surface area contributed by atoms with Gasteiger partial charge in [-0.05, 0) is 37.9 Å². The minimum Gasteiger partial charge on any atom is -0.316 e. The molecule has 0 aromatic carbocycles. The minimum atomic E-state index is 0.656. The fraction of sp³-hybridized carbons (Fsp3) is 0.727. The molecule has 0 radical (unpaired) electrons. The Balaban J connectivity index is 2.02. The molecule has 1 atom stereocenters. The zero-order valence-electron chi connectivity index (χ0n) is 9.54. The fourth-order valence-corrected chi connectivity index (χ4v) is 1.65. The molecule has 0 bridgehead atoms. The van der Waals surface area contributed by atoms with Crippen LogP contribution >= 0.6 is 15.9 Å². The number of hydrogen-bond donors (Lipinski definition) is 1. The summed E-state index contributed by atoms with van der Waals surface area (Å²) < 4.78 is 1.85. The SMILES string of the molecule is CCC(Br)CCNCCc1cnn(C)c1. The molecule has 1 aromatic heterocycles. The summed E-state index contributed by atoms with van der Waals surface area (Å²) in [7, 11) is 1.95. The molecule has 0 aliphatic carbocycles. The highest BCUT2D eigenvalue weighted by atomic mass is 79.9. The third-order valence-corrected chi connectivity index (χ3v) is 3.53. The molecule has 1 rings (SSSR count). The highest BCUT2D eigenvalue weighted by molar-refractivity contribution is 9.09. The van der Waals surface area contributed by atoms with Gasteiger partial charge in [-0.1, -0.05) is 22.9 Å². The van der Waals surface area contributed by atoms with Crippen LogP contribution in [-0.2, 0) is 13.5 Å². The summed E-state index contributed by atoms with van der Waals surface area (Å²) >= 11 is 3.62. The highest BCUT2D eigenvalue weighted by Crippen LogP contribution is 2.07. The summed E-state index contributed by atoms with van der Waals surface area (Å²) in [5.41, 5.74) is 1.30. The van der Waals surface area contributed by atoms with E-state index in [4.69, 9.17) is 0 Å². The molecule has 0 saturated carbocycles. The van der Waals surface area contributed by atoms with Crippen LogP contribution in [0.3, 0.4) is 0 Å². The summed E-state index contributed by atoms with van der Waals surface area (Å²) in [5, 5.41) is 7.58. The molecule has 1 heterocycles. The van der Waals surface area contributed by atoms with Crippen LogP contribution in [0.25, 0.3) is 0 Å². The molecule has 0 fully saturated rings. The van der Waals surface area contributed by atoms with Gasteiger partial charge in [0.2, 0.25) is 0 Å². The van der Waals surface area contributed by atoms with Gasteiger partial charge in [0.15, 0.2) is 0 Å². The third kappa shape index (κ3) is 5.33. The first-order chi connectivity index (χ1) is 7.22. The Hall–Kier alpha value is -0.350. The van der Waals surface area contributed by atoms with Gasteiger partial charge in [0.1, 0.15) is 0 Å². The van der Waals surface area contributed by atoms with E-state index in [0.717, 1.165) is 19.5 Å². The van der Waals surface area contributed by atoms with E-state index in [9.17, 15) is 0 Å². The molecule has 0 saturated heterocycles. The lowest BCUT2D eigenvalue weighted by Crippen LogP contribution is -2.20. The smallest absolute Gasteiger partial charge is 0.0522 e. The lowest BCUT2D eigenvalue weighted by atomic mass is 10.2. The molecular weight excluding hydrogens is 254 g/mol. The second kappa shape index (κ2) is 7.01. The van der Waals surface area contributed by atoms with Crippen molar-refractivity contribution >= 4 is 15.9 Å². The second-order valence-corrected chi connectivity index (χ2v) is 5.11. The van der Waals surface area contributed by atoms with Crippen molar-refractivity contribution in [3.63, 3.8) is 0 Å². The number of alkyl halides is 1. The van der Waals surface area contributed by atoms with Crippen LogP contribution in [-0.4, -0.2) is 27.7 Å². The Morgan fingerprint density at radius 3 is 2.93 bits per heavy atom. The largest absolute Gasteiger partial charge is 0.316 e. The van der Waals surface area contributed by atoms with Crippen molar-refractivity contribution in [1.29, 1.82) is 0 Å². The molecule has 0 aliphatic heterocycles. The van der Waals surface area contributed by atoms with Gasteiger partial charge < -0.3 is 5.32 Å². The summed E-state index contributed by atoms with van der Waals surface area (Å²) in [5.74, 6) is 0. The standard InChI is InChI=1S/C11H20BrN3/c1-3-11(12)5-7-13-6-4-10-8-14-15(2)9-10/h8-9,11,13H,3-7H2,1-2H3. The minimum absolute atomic E-state index is 0.656. The van der Waals surface area contributed by atoms with E-state index in [1.54, 1.807) is 0 Å². The highest BCUT2D eigenvalue weighted by Gasteiger charge is 1.99. The van der Waals surface area contributed by atoms with Gasteiger partial charge in [0.05, 0.1) is 6.20 Å². The van der Waals surface area contributed by atoms with Crippen molar-refractivity contribution in [1.82, 2.24) is 15.1 Å². The first-order valence-electron chi connectivity index (χ1n) is 5.54. The molecule has 0 aliphatic rings. The summed E-state index contributed by atoms with van der Waals surface area (Å²) in [6.45, 7) is 4.33. The van der Waals surface area contributed by atoms with Crippen molar-refractivity contribution in [2.24, 2.45) is 7.05 Å². The monoisotopic (exact) mass is 273 g/mol.